The first-order chi connectivity index (χ1) is 17.2. The summed E-state index contributed by atoms with van der Waals surface area (Å²) in [6.45, 7) is 1.61. The SMILES string of the molecule is COC(=O)c1cc(NC(=O)c2sc3ncn(Cc4ccccc4F)c(=O)c3c2C)cc(C(=O)OC)c1. The third kappa shape index (κ3) is 4.73. The number of benzene rings is 2. The van der Waals surface area contributed by atoms with Crippen LogP contribution in [0.15, 0.2) is 53.6 Å². The molecule has 1 N–H and O–H groups in total. The van der Waals surface area contributed by atoms with Crippen molar-refractivity contribution >= 4 is 45.1 Å². The highest BCUT2D eigenvalue weighted by Gasteiger charge is 2.21. The molecule has 4 aromatic rings. The highest BCUT2D eigenvalue weighted by Crippen LogP contribution is 2.28. The number of methoxy groups -OCH3 is 2. The van der Waals surface area contributed by atoms with E-state index in [-0.39, 0.29) is 33.6 Å². The fourth-order valence-electron chi connectivity index (χ4n) is 3.66. The smallest absolute Gasteiger partial charge is 0.337 e. The van der Waals surface area contributed by atoms with Crippen molar-refractivity contribution < 1.29 is 28.2 Å². The number of rotatable bonds is 6. The van der Waals surface area contributed by atoms with E-state index in [2.05, 4.69) is 10.3 Å². The number of fused-ring (bicyclic) bond motifs is 1. The third-order valence-corrected chi connectivity index (χ3v) is 6.65. The average Bonchev–Trinajstić information content (AvgIpc) is 3.22. The van der Waals surface area contributed by atoms with E-state index in [0.29, 0.717) is 16.0 Å². The van der Waals surface area contributed by atoms with Gasteiger partial charge in [-0.3, -0.25) is 14.2 Å². The van der Waals surface area contributed by atoms with Crippen LogP contribution in [-0.2, 0) is 16.0 Å². The van der Waals surface area contributed by atoms with Gasteiger partial charge in [-0.1, -0.05) is 18.2 Å². The molecule has 0 bridgehead atoms. The molecule has 0 aliphatic carbocycles. The van der Waals surface area contributed by atoms with Crippen LogP contribution in [-0.4, -0.2) is 41.6 Å². The number of esters is 2. The maximum atomic E-state index is 14.1. The molecular formula is C25H20FN3O6S. The van der Waals surface area contributed by atoms with E-state index < -0.39 is 29.2 Å². The number of aromatic nitrogens is 2. The summed E-state index contributed by atoms with van der Waals surface area (Å²) in [7, 11) is 2.38. The lowest BCUT2D eigenvalue weighted by atomic mass is 10.1. The average molecular weight is 510 g/mol. The number of aryl methyl sites for hydroxylation is 1. The quantitative estimate of drug-likeness (QED) is 0.393. The Kier molecular flexibility index (Phi) is 6.93. The van der Waals surface area contributed by atoms with E-state index in [1.165, 1.54) is 49.4 Å². The molecular weight excluding hydrogens is 489 g/mol. The largest absolute Gasteiger partial charge is 0.465 e. The number of amides is 1. The third-order valence-electron chi connectivity index (χ3n) is 5.46. The van der Waals surface area contributed by atoms with Crippen LogP contribution < -0.4 is 10.9 Å². The Hall–Kier alpha value is -4.38. The van der Waals surface area contributed by atoms with Crippen LogP contribution in [0.3, 0.4) is 0 Å². The molecule has 4 rings (SSSR count). The van der Waals surface area contributed by atoms with Gasteiger partial charge in [-0.05, 0) is 36.8 Å². The highest BCUT2D eigenvalue weighted by atomic mass is 32.1. The summed E-state index contributed by atoms with van der Waals surface area (Å²) in [6.07, 6.45) is 1.32. The predicted octanol–water partition coefficient (Wildman–Crippen LogP) is 3.78. The summed E-state index contributed by atoms with van der Waals surface area (Å²) in [6, 6.07) is 10.1. The van der Waals surface area contributed by atoms with Gasteiger partial charge in [-0.2, -0.15) is 0 Å². The Morgan fingerprint density at radius 1 is 1.06 bits per heavy atom. The molecule has 0 aliphatic rings. The number of anilines is 1. The second-order valence-electron chi connectivity index (χ2n) is 7.74. The van der Waals surface area contributed by atoms with Crippen LogP contribution in [0.4, 0.5) is 10.1 Å². The number of carbonyl (C=O) groups is 3. The molecule has 0 saturated carbocycles. The van der Waals surface area contributed by atoms with Gasteiger partial charge in [0, 0.05) is 11.3 Å². The molecule has 0 radical (unpaired) electrons. The summed E-state index contributed by atoms with van der Waals surface area (Å²) in [5.74, 6) is -2.40. The van der Waals surface area contributed by atoms with E-state index in [1.54, 1.807) is 25.1 Å². The van der Waals surface area contributed by atoms with Crippen LogP contribution in [0.5, 0.6) is 0 Å². The highest BCUT2D eigenvalue weighted by molar-refractivity contribution is 7.20. The van der Waals surface area contributed by atoms with E-state index in [9.17, 15) is 23.6 Å². The Labute approximate surface area is 208 Å². The van der Waals surface area contributed by atoms with E-state index in [4.69, 9.17) is 9.47 Å². The summed E-state index contributed by atoms with van der Waals surface area (Å²) >= 11 is 1.02. The fraction of sp³-hybridized carbons (Fsp3) is 0.160. The van der Waals surface area contributed by atoms with Crippen molar-refractivity contribution in [3.8, 4) is 0 Å². The van der Waals surface area contributed by atoms with Crippen molar-refractivity contribution in [3.05, 3.63) is 92.1 Å². The zero-order valence-electron chi connectivity index (χ0n) is 19.5. The van der Waals surface area contributed by atoms with Crippen LogP contribution >= 0.6 is 11.3 Å². The van der Waals surface area contributed by atoms with Gasteiger partial charge in [-0.15, -0.1) is 11.3 Å². The van der Waals surface area contributed by atoms with Gasteiger partial charge in [0.15, 0.2) is 0 Å². The molecule has 0 unspecified atom stereocenters. The topological polar surface area (TPSA) is 117 Å². The summed E-state index contributed by atoms with van der Waals surface area (Å²) in [4.78, 5) is 55.2. The van der Waals surface area contributed by atoms with E-state index in [1.807, 2.05) is 0 Å². The zero-order valence-corrected chi connectivity index (χ0v) is 20.3. The van der Waals surface area contributed by atoms with Crippen LogP contribution in [0.2, 0.25) is 0 Å². The Balaban J connectivity index is 1.69. The molecule has 0 aliphatic heterocycles. The molecule has 1 amide bonds. The molecule has 11 heteroatoms. The van der Waals surface area contributed by atoms with Gasteiger partial charge < -0.3 is 14.8 Å². The minimum atomic E-state index is -0.700. The minimum absolute atomic E-state index is 0.0120. The van der Waals surface area contributed by atoms with Crippen molar-refractivity contribution in [3.63, 3.8) is 0 Å². The van der Waals surface area contributed by atoms with Crippen molar-refractivity contribution in [2.24, 2.45) is 0 Å². The molecule has 0 spiro atoms. The number of nitrogens with zero attached hydrogens (tertiary/aromatic N) is 2. The summed E-state index contributed by atoms with van der Waals surface area (Å²) in [5, 5.41) is 2.90. The lowest BCUT2D eigenvalue weighted by Crippen LogP contribution is -2.21. The fourth-order valence-corrected chi connectivity index (χ4v) is 4.69. The van der Waals surface area contributed by atoms with Crippen molar-refractivity contribution in [1.29, 1.82) is 0 Å². The molecule has 36 heavy (non-hydrogen) atoms. The zero-order chi connectivity index (χ0) is 26.0. The Morgan fingerprint density at radius 2 is 1.69 bits per heavy atom. The first-order valence-corrected chi connectivity index (χ1v) is 11.4. The molecule has 2 heterocycles. The Bertz CT molecular complexity index is 1540. The molecule has 9 nitrogen and oxygen atoms in total. The molecule has 0 atom stereocenters. The standard InChI is InChI=1S/C25H20FN3O6S/c1-13-19-22(27-12-29(23(19)31)11-14-6-4-5-7-18(14)26)36-20(13)21(30)28-17-9-15(24(32)34-2)8-16(10-17)25(33)35-3/h4-10,12H,11H2,1-3H3,(H,28,30). The number of hydrogen-bond donors (Lipinski definition) is 1. The van der Waals surface area contributed by atoms with Crippen LogP contribution in [0.1, 0.15) is 41.5 Å². The van der Waals surface area contributed by atoms with Gasteiger partial charge in [-0.25, -0.2) is 19.0 Å². The molecule has 0 saturated heterocycles. The molecule has 2 aromatic carbocycles. The van der Waals surface area contributed by atoms with E-state index in [0.717, 1.165) is 11.3 Å². The summed E-state index contributed by atoms with van der Waals surface area (Å²) in [5.41, 5.74) is 0.577. The van der Waals surface area contributed by atoms with Gasteiger partial charge in [0.05, 0.1) is 48.5 Å². The van der Waals surface area contributed by atoms with Crippen molar-refractivity contribution in [2.45, 2.75) is 13.5 Å². The second-order valence-corrected chi connectivity index (χ2v) is 8.74. The lowest BCUT2D eigenvalue weighted by molar-refractivity contribution is 0.0599. The van der Waals surface area contributed by atoms with Gasteiger partial charge in [0.1, 0.15) is 10.6 Å². The van der Waals surface area contributed by atoms with E-state index >= 15 is 0 Å². The number of ether oxygens (including phenoxy) is 2. The van der Waals surface area contributed by atoms with Gasteiger partial charge in [0.2, 0.25) is 0 Å². The minimum Gasteiger partial charge on any atom is -0.465 e. The van der Waals surface area contributed by atoms with Gasteiger partial charge >= 0.3 is 11.9 Å². The number of hydrogen-bond acceptors (Lipinski definition) is 8. The van der Waals surface area contributed by atoms with Crippen LogP contribution in [0, 0.1) is 12.7 Å². The number of carbonyl (C=O) groups excluding carboxylic acids is 3. The van der Waals surface area contributed by atoms with Crippen molar-refractivity contribution in [1.82, 2.24) is 9.55 Å². The maximum Gasteiger partial charge on any atom is 0.337 e. The molecule has 184 valence electrons. The van der Waals surface area contributed by atoms with Crippen molar-refractivity contribution in [2.75, 3.05) is 19.5 Å². The second kappa shape index (κ2) is 10.1. The number of thiophene rings is 1. The number of halogens is 1. The number of nitrogens with one attached hydrogen (secondary N) is 1. The maximum absolute atomic E-state index is 14.1. The van der Waals surface area contributed by atoms with Crippen LogP contribution in [0.25, 0.3) is 10.2 Å². The monoisotopic (exact) mass is 509 g/mol. The first-order valence-electron chi connectivity index (χ1n) is 10.6. The normalized spacial score (nSPS) is 10.8. The predicted molar refractivity (Wildman–Crippen MR) is 131 cm³/mol. The lowest BCUT2D eigenvalue weighted by Gasteiger charge is -2.09. The Morgan fingerprint density at radius 3 is 2.31 bits per heavy atom. The van der Waals surface area contributed by atoms with Gasteiger partial charge in [0.25, 0.3) is 11.5 Å². The first kappa shape index (κ1) is 24.7. The summed E-state index contributed by atoms with van der Waals surface area (Å²) < 4.78 is 24.8. The molecule has 0 fully saturated rings. The molecule has 2 aromatic heterocycles.